The molecule has 2 aliphatic rings. The summed E-state index contributed by atoms with van der Waals surface area (Å²) in [5.74, 6) is 0.652. The van der Waals surface area contributed by atoms with Gasteiger partial charge in [-0.2, -0.15) is 4.98 Å². The van der Waals surface area contributed by atoms with Crippen molar-refractivity contribution in [3.8, 4) is 11.1 Å². The molecule has 4 heterocycles. The predicted octanol–water partition coefficient (Wildman–Crippen LogP) is 4.56. The van der Waals surface area contributed by atoms with E-state index >= 15 is 4.39 Å². The SMILES string of the molecule is CC(C)c1nc(C2CCN(c3ncnc4c(-c5ccc(N6CCC(O)C6=O)c(F)c5)cc(F)cc34)CC2)no1. The van der Waals surface area contributed by atoms with Gasteiger partial charge in [0.15, 0.2) is 5.82 Å². The second kappa shape index (κ2) is 9.96. The van der Waals surface area contributed by atoms with Crippen molar-refractivity contribution in [3.63, 3.8) is 0 Å². The van der Waals surface area contributed by atoms with Gasteiger partial charge in [0, 0.05) is 48.8 Å². The third-order valence-corrected chi connectivity index (χ3v) is 7.52. The lowest BCUT2D eigenvalue weighted by Crippen LogP contribution is -2.34. The maximum absolute atomic E-state index is 15.2. The fourth-order valence-electron chi connectivity index (χ4n) is 5.39. The van der Waals surface area contributed by atoms with Crippen molar-refractivity contribution in [2.45, 2.75) is 51.0 Å². The van der Waals surface area contributed by atoms with E-state index in [0.717, 1.165) is 18.7 Å². The number of carbonyl (C=O) groups excluding carboxylic acids is 1. The largest absolute Gasteiger partial charge is 0.383 e. The Morgan fingerprint density at radius 3 is 2.51 bits per heavy atom. The lowest BCUT2D eigenvalue weighted by Gasteiger charge is -2.32. The van der Waals surface area contributed by atoms with Crippen LogP contribution in [0.3, 0.4) is 0 Å². The van der Waals surface area contributed by atoms with Crippen molar-refractivity contribution in [2.24, 2.45) is 0 Å². The number of aliphatic hydroxyl groups excluding tert-OH is 1. The van der Waals surface area contributed by atoms with Crippen molar-refractivity contribution in [1.82, 2.24) is 20.1 Å². The van der Waals surface area contributed by atoms with E-state index in [9.17, 15) is 14.3 Å². The van der Waals surface area contributed by atoms with Crippen LogP contribution in [0.15, 0.2) is 41.2 Å². The standard InChI is InChI=1S/C28H28F2N6O3/c1-15(2)27-33-25(34-39-27)16-5-8-35(9-6-16)26-20-13-18(29)12-19(24(20)31-14-32-26)17-3-4-22(21(30)11-17)36-10-7-23(37)28(36)38/h3-4,11-16,23,37H,5-10H2,1-2H3. The quantitative estimate of drug-likeness (QED) is 0.397. The maximum Gasteiger partial charge on any atom is 0.255 e. The number of hydrogen-bond acceptors (Lipinski definition) is 8. The number of nitrogens with zero attached hydrogens (tertiary/aromatic N) is 6. The van der Waals surface area contributed by atoms with E-state index in [1.807, 2.05) is 13.8 Å². The number of carbonyl (C=O) groups is 1. The minimum absolute atomic E-state index is 0.0845. The summed E-state index contributed by atoms with van der Waals surface area (Å²) in [5, 5.41) is 14.4. The van der Waals surface area contributed by atoms with Gasteiger partial charge in [-0.3, -0.25) is 4.79 Å². The molecule has 1 atom stereocenters. The molecule has 0 spiro atoms. The molecule has 2 aromatic carbocycles. The van der Waals surface area contributed by atoms with Crippen molar-refractivity contribution in [1.29, 1.82) is 0 Å². The third kappa shape index (κ3) is 4.60. The van der Waals surface area contributed by atoms with E-state index < -0.39 is 23.6 Å². The minimum atomic E-state index is -1.12. The summed E-state index contributed by atoms with van der Waals surface area (Å²) >= 11 is 0. The molecule has 2 aromatic heterocycles. The molecule has 1 unspecified atom stereocenters. The zero-order valence-electron chi connectivity index (χ0n) is 21.6. The number of halogens is 2. The lowest BCUT2D eigenvalue weighted by atomic mass is 9.95. The molecule has 4 aromatic rings. The van der Waals surface area contributed by atoms with Crippen LogP contribution in [-0.4, -0.2) is 56.9 Å². The number of aliphatic hydroxyl groups is 1. The van der Waals surface area contributed by atoms with Crippen LogP contribution in [0.4, 0.5) is 20.3 Å². The van der Waals surface area contributed by atoms with Gasteiger partial charge in [-0.1, -0.05) is 25.1 Å². The first-order chi connectivity index (χ1) is 18.8. The van der Waals surface area contributed by atoms with E-state index in [-0.39, 0.29) is 30.5 Å². The van der Waals surface area contributed by atoms with Gasteiger partial charge >= 0.3 is 0 Å². The highest BCUT2D eigenvalue weighted by molar-refractivity contribution is 6.01. The number of rotatable bonds is 5. The van der Waals surface area contributed by atoms with Crippen LogP contribution in [0, 0.1) is 11.6 Å². The fraction of sp³-hybridized carbons (Fsp3) is 0.393. The molecule has 0 bridgehead atoms. The Morgan fingerprint density at radius 1 is 1.05 bits per heavy atom. The Hall–Kier alpha value is -3.99. The number of hydrogen-bond donors (Lipinski definition) is 1. The van der Waals surface area contributed by atoms with Crippen molar-refractivity contribution in [3.05, 3.63) is 60.0 Å². The van der Waals surface area contributed by atoms with Gasteiger partial charge in [-0.15, -0.1) is 0 Å². The molecule has 1 amide bonds. The number of benzene rings is 2. The summed E-state index contributed by atoms with van der Waals surface area (Å²) < 4.78 is 35.5. The highest BCUT2D eigenvalue weighted by atomic mass is 19.1. The zero-order valence-corrected chi connectivity index (χ0v) is 21.6. The van der Waals surface area contributed by atoms with Gasteiger partial charge in [0.05, 0.1) is 11.2 Å². The Morgan fingerprint density at radius 2 is 1.85 bits per heavy atom. The number of piperidine rings is 1. The molecule has 0 aliphatic carbocycles. The highest BCUT2D eigenvalue weighted by Gasteiger charge is 2.32. The predicted molar refractivity (Wildman–Crippen MR) is 140 cm³/mol. The molecule has 0 saturated carbocycles. The average Bonchev–Trinajstić information content (AvgIpc) is 3.56. The molecule has 202 valence electrons. The second-order valence-electron chi connectivity index (χ2n) is 10.4. The molecule has 39 heavy (non-hydrogen) atoms. The lowest BCUT2D eigenvalue weighted by molar-refractivity contribution is -0.124. The molecule has 1 N–H and O–H groups in total. The Kier molecular flexibility index (Phi) is 6.46. The fourth-order valence-corrected chi connectivity index (χ4v) is 5.39. The minimum Gasteiger partial charge on any atom is -0.383 e. The van der Waals surface area contributed by atoms with Crippen molar-refractivity contribution in [2.75, 3.05) is 29.4 Å². The van der Waals surface area contributed by atoms with E-state index in [0.29, 0.717) is 46.8 Å². The topological polar surface area (TPSA) is 108 Å². The van der Waals surface area contributed by atoms with E-state index in [2.05, 4.69) is 25.0 Å². The maximum atomic E-state index is 15.2. The van der Waals surface area contributed by atoms with Crippen LogP contribution in [0.5, 0.6) is 0 Å². The molecular formula is C28H28F2N6O3. The zero-order chi connectivity index (χ0) is 27.3. The Bertz CT molecular complexity index is 1550. The van der Waals surface area contributed by atoms with E-state index in [1.54, 1.807) is 6.07 Å². The first-order valence-corrected chi connectivity index (χ1v) is 13.1. The molecule has 2 saturated heterocycles. The summed E-state index contributed by atoms with van der Waals surface area (Å²) in [7, 11) is 0. The van der Waals surface area contributed by atoms with Crippen LogP contribution >= 0.6 is 0 Å². The second-order valence-corrected chi connectivity index (χ2v) is 10.4. The average molecular weight is 535 g/mol. The van der Waals surface area contributed by atoms with Crippen LogP contribution < -0.4 is 9.80 Å². The Balaban J connectivity index is 1.29. The normalized spacial score (nSPS) is 18.6. The molecule has 2 aliphatic heterocycles. The van der Waals surface area contributed by atoms with Gasteiger partial charge < -0.3 is 19.4 Å². The van der Waals surface area contributed by atoms with Crippen LogP contribution in [0.2, 0.25) is 0 Å². The highest BCUT2D eigenvalue weighted by Crippen LogP contribution is 2.37. The molecule has 0 radical (unpaired) electrons. The first kappa shape index (κ1) is 25.3. The van der Waals surface area contributed by atoms with Crippen LogP contribution in [0.1, 0.15) is 56.7 Å². The summed E-state index contributed by atoms with van der Waals surface area (Å²) in [6.45, 7) is 5.60. The molecule has 6 rings (SSSR count). The van der Waals surface area contributed by atoms with Gasteiger partial charge in [0.1, 0.15) is 29.9 Å². The van der Waals surface area contributed by atoms with Gasteiger partial charge in [-0.25, -0.2) is 18.7 Å². The molecular weight excluding hydrogens is 506 g/mol. The third-order valence-electron chi connectivity index (χ3n) is 7.52. The molecule has 9 nitrogen and oxygen atoms in total. The molecule has 2 fully saturated rings. The summed E-state index contributed by atoms with van der Waals surface area (Å²) in [4.78, 5) is 29.0. The van der Waals surface area contributed by atoms with Gasteiger partial charge in [0.25, 0.3) is 5.91 Å². The van der Waals surface area contributed by atoms with Crippen molar-refractivity contribution >= 4 is 28.3 Å². The smallest absolute Gasteiger partial charge is 0.255 e. The Labute approximate surface area is 223 Å². The summed E-state index contributed by atoms with van der Waals surface area (Å²) in [6, 6.07) is 7.11. The number of amides is 1. The summed E-state index contributed by atoms with van der Waals surface area (Å²) in [5.41, 5.74) is 1.44. The van der Waals surface area contributed by atoms with Crippen LogP contribution in [-0.2, 0) is 4.79 Å². The molecule has 11 heteroatoms. The summed E-state index contributed by atoms with van der Waals surface area (Å²) in [6.07, 6.45) is 2.15. The number of fused-ring (bicyclic) bond motifs is 1. The monoisotopic (exact) mass is 534 g/mol. The first-order valence-electron chi connectivity index (χ1n) is 13.1. The van der Waals surface area contributed by atoms with E-state index in [4.69, 9.17) is 4.52 Å². The van der Waals surface area contributed by atoms with Gasteiger partial charge in [-0.05, 0) is 42.7 Å². The van der Waals surface area contributed by atoms with Crippen molar-refractivity contribution < 1.29 is 23.2 Å². The number of anilines is 2. The number of aromatic nitrogens is 4. The van der Waals surface area contributed by atoms with Crippen LogP contribution in [0.25, 0.3) is 22.0 Å². The van der Waals surface area contributed by atoms with Gasteiger partial charge in [0.2, 0.25) is 5.89 Å². The van der Waals surface area contributed by atoms with E-state index in [1.165, 1.54) is 35.5 Å².